The van der Waals surface area contributed by atoms with Gasteiger partial charge < -0.3 is 5.11 Å². The molecule has 1 aromatic carbocycles. The molecule has 1 unspecified atom stereocenters. The monoisotopic (exact) mass is 177 g/mol. The van der Waals surface area contributed by atoms with Crippen LogP contribution in [-0.2, 0) is 0 Å². The zero-order valence-corrected chi connectivity index (χ0v) is 7.34. The van der Waals surface area contributed by atoms with Gasteiger partial charge in [-0.2, -0.15) is 0 Å². The summed E-state index contributed by atoms with van der Waals surface area (Å²) >= 11 is 1.71. The minimum absolute atomic E-state index is 0.616. The average Bonchev–Trinajstić information content (AvgIpc) is 2.49. The van der Waals surface area contributed by atoms with Crippen LogP contribution in [0.4, 0.5) is 0 Å². The lowest BCUT2D eigenvalue weighted by molar-refractivity contribution is 0.226. The Morgan fingerprint density at radius 1 is 1.33 bits per heavy atom. The maximum absolute atomic E-state index is 9.21. The van der Waals surface area contributed by atoms with Crippen LogP contribution < -0.4 is 0 Å². The summed E-state index contributed by atoms with van der Waals surface area (Å²) in [6.45, 7) is 3.56. The van der Waals surface area contributed by atoms with E-state index in [9.17, 15) is 5.11 Å². The highest BCUT2D eigenvalue weighted by atomic mass is 32.1. The van der Waals surface area contributed by atoms with E-state index in [2.05, 4.69) is 6.92 Å². The lowest BCUT2D eigenvalue weighted by Crippen LogP contribution is -1.89. The van der Waals surface area contributed by atoms with Crippen molar-refractivity contribution in [2.24, 2.45) is 0 Å². The van der Waals surface area contributed by atoms with E-state index in [0.717, 1.165) is 5.56 Å². The highest BCUT2D eigenvalue weighted by molar-refractivity contribution is 7.17. The number of benzene rings is 1. The van der Waals surface area contributed by atoms with Gasteiger partial charge >= 0.3 is 0 Å². The molecular formula is C10H9OS. The average molecular weight is 177 g/mol. The lowest BCUT2D eigenvalue weighted by atomic mass is 10.1. The molecule has 0 fully saturated rings. The summed E-state index contributed by atoms with van der Waals surface area (Å²) in [6, 6.07) is 7.95. The van der Waals surface area contributed by atoms with Crippen LogP contribution in [-0.4, -0.2) is 5.11 Å². The summed E-state index contributed by atoms with van der Waals surface area (Å²) in [5.41, 5.74) is 0.876. The van der Waals surface area contributed by atoms with Crippen LogP contribution in [0.2, 0.25) is 0 Å². The molecule has 1 aromatic heterocycles. The molecule has 0 aliphatic heterocycles. The zero-order chi connectivity index (χ0) is 8.55. The molecule has 0 amide bonds. The number of hydrogen-bond donors (Lipinski definition) is 1. The summed E-state index contributed by atoms with van der Waals surface area (Å²) in [4.78, 5) is 0. The minimum Gasteiger partial charge on any atom is -0.388 e. The predicted octanol–water partition coefficient (Wildman–Crippen LogP) is 2.77. The first-order valence-electron chi connectivity index (χ1n) is 3.75. The first-order valence-corrected chi connectivity index (χ1v) is 4.63. The van der Waals surface area contributed by atoms with Crippen LogP contribution in [0.15, 0.2) is 29.6 Å². The number of rotatable bonds is 1. The Labute approximate surface area is 75.3 Å². The van der Waals surface area contributed by atoms with Crippen molar-refractivity contribution in [2.75, 3.05) is 0 Å². The molecule has 61 valence electrons. The number of hydrogen-bond acceptors (Lipinski definition) is 2. The SMILES string of the molecule is [CH2]C(O)c1ccc2sccc2c1. The van der Waals surface area contributed by atoms with Crippen LogP contribution in [0.25, 0.3) is 10.1 Å². The molecular weight excluding hydrogens is 168 g/mol. The molecule has 2 heteroatoms. The van der Waals surface area contributed by atoms with Crippen molar-refractivity contribution in [3.8, 4) is 0 Å². The normalized spacial score (nSPS) is 13.5. The quantitative estimate of drug-likeness (QED) is 0.710. The van der Waals surface area contributed by atoms with E-state index in [0.29, 0.717) is 0 Å². The third kappa shape index (κ3) is 1.24. The van der Waals surface area contributed by atoms with E-state index >= 15 is 0 Å². The largest absolute Gasteiger partial charge is 0.388 e. The molecule has 2 rings (SSSR count). The van der Waals surface area contributed by atoms with Crippen molar-refractivity contribution in [2.45, 2.75) is 6.10 Å². The Hall–Kier alpha value is -0.860. The van der Waals surface area contributed by atoms with E-state index in [1.807, 2.05) is 29.6 Å². The number of thiophene rings is 1. The second-order valence-corrected chi connectivity index (χ2v) is 3.68. The van der Waals surface area contributed by atoms with Crippen molar-refractivity contribution >= 4 is 21.4 Å². The lowest BCUT2D eigenvalue weighted by Gasteiger charge is -2.02. The predicted molar refractivity (Wildman–Crippen MR) is 52.1 cm³/mol. The van der Waals surface area contributed by atoms with Gasteiger partial charge in [-0.05, 0) is 41.5 Å². The molecule has 1 atom stereocenters. The highest BCUT2D eigenvalue weighted by Crippen LogP contribution is 2.24. The summed E-state index contributed by atoms with van der Waals surface area (Å²) in [7, 11) is 0. The van der Waals surface area contributed by atoms with E-state index in [-0.39, 0.29) is 0 Å². The molecule has 0 aliphatic carbocycles. The Bertz CT molecular complexity index is 389. The van der Waals surface area contributed by atoms with Crippen molar-refractivity contribution in [1.82, 2.24) is 0 Å². The highest BCUT2D eigenvalue weighted by Gasteiger charge is 2.01. The fourth-order valence-corrected chi connectivity index (χ4v) is 1.96. The van der Waals surface area contributed by atoms with E-state index in [4.69, 9.17) is 0 Å². The third-order valence-corrected chi connectivity index (χ3v) is 2.76. The summed E-state index contributed by atoms with van der Waals surface area (Å²) in [6.07, 6.45) is -0.616. The van der Waals surface area contributed by atoms with E-state index in [1.54, 1.807) is 11.3 Å². The van der Waals surface area contributed by atoms with Gasteiger partial charge in [0.2, 0.25) is 0 Å². The molecule has 0 bridgehead atoms. The zero-order valence-electron chi connectivity index (χ0n) is 6.53. The molecule has 1 heterocycles. The van der Waals surface area contributed by atoms with Crippen LogP contribution >= 0.6 is 11.3 Å². The van der Waals surface area contributed by atoms with Gasteiger partial charge in [0.1, 0.15) is 0 Å². The first-order chi connectivity index (χ1) is 5.77. The molecule has 0 saturated heterocycles. The minimum atomic E-state index is -0.616. The Kier molecular flexibility index (Phi) is 1.87. The molecule has 0 saturated carbocycles. The van der Waals surface area contributed by atoms with Gasteiger partial charge in [0.05, 0.1) is 6.10 Å². The molecule has 1 N–H and O–H groups in total. The van der Waals surface area contributed by atoms with Crippen LogP contribution in [0.3, 0.4) is 0 Å². The first kappa shape index (κ1) is 7.77. The van der Waals surface area contributed by atoms with Gasteiger partial charge in [0.25, 0.3) is 0 Å². The standard InChI is InChI=1S/C10H9OS/c1-7(11)8-2-3-10-9(6-8)4-5-12-10/h2-7,11H,1H2. The van der Waals surface area contributed by atoms with Gasteiger partial charge in [-0.3, -0.25) is 0 Å². The molecule has 1 nitrogen and oxygen atoms in total. The van der Waals surface area contributed by atoms with Crippen LogP contribution in [0.5, 0.6) is 0 Å². The molecule has 0 aliphatic rings. The van der Waals surface area contributed by atoms with Crippen LogP contribution in [0.1, 0.15) is 11.7 Å². The van der Waals surface area contributed by atoms with Crippen molar-refractivity contribution in [3.63, 3.8) is 0 Å². The van der Waals surface area contributed by atoms with Crippen LogP contribution in [0, 0.1) is 6.92 Å². The van der Waals surface area contributed by atoms with Gasteiger partial charge in [-0.15, -0.1) is 11.3 Å². The Morgan fingerprint density at radius 3 is 2.92 bits per heavy atom. The number of aliphatic hydroxyl groups excluding tert-OH is 1. The number of fused-ring (bicyclic) bond motifs is 1. The van der Waals surface area contributed by atoms with E-state index < -0.39 is 6.10 Å². The molecule has 2 aromatic rings. The van der Waals surface area contributed by atoms with Crippen molar-refractivity contribution in [1.29, 1.82) is 0 Å². The maximum Gasteiger partial charge on any atom is 0.0791 e. The third-order valence-electron chi connectivity index (χ3n) is 1.86. The summed E-state index contributed by atoms with van der Waals surface area (Å²) in [5.74, 6) is 0. The second kappa shape index (κ2) is 2.88. The van der Waals surface area contributed by atoms with Gasteiger partial charge in [0, 0.05) is 4.70 Å². The maximum atomic E-state index is 9.21. The Morgan fingerprint density at radius 2 is 2.17 bits per heavy atom. The van der Waals surface area contributed by atoms with Gasteiger partial charge in [-0.1, -0.05) is 6.07 Å². The van der Waals surface area contributed by atoms with Crippen molar-refractivity contribution < 1.29 is 5.11 Å². The molecule has 1 radical (unpaired) electrons. The van der Waals surface area contributed by atoms with Gasteiger partial charge in [-0.25, -0.2) is 0 Å². The second-order valence-electron chi connectivity index (χ2n) is 2.73. The van der Waals surface area contributed by atoms with Crippen molar-refractivity contribution in [3.05, 3.63) is 42.1 Å². The summed E-state index contributed by atoms with van der Waals surface area (Å²) < 4.78 is 1.25. The molecule has 12 heavy (non-hydrogen) atoms. The fraction of sp³-hybridized carbons (Fsp3) is 0.100. The van der Waals surface area contributed by atoms with Gasteiger partial charge in [0.15, 0.2) is 0 Å². The fourth-order valence-electron chi connectivity index (χ4n) is 1.19. The topological polar surface area (TPSA) is 20.2 Å². The van der Waals surface area contributed by atoms with E-state index in [1.165, 1.54) is 10.1 Å². The molecule has 0 spiro atoms. The number of aliphatic hydroxyl groups is 1. The summed E-state index contributed by atoms with van der Waals surface area (Å²) in [5, 5.41) is 12.4. The Balaban J connectivity index is 2.60. The smallest absolute Gasteiger partial charge is 0.0791 e.